The van der Waals surface area contributed by atoms with Gasteiger partial charge >= 0.3 is 0 Å². The number of aromatic nitrogens is 1. The van der Waals surface area contributed by atoms with Gasteiger partial charge in [-0.15, -0.1) is 0 Å². The maximum absolute atomic E-state index is 12.6. The fourth-order valence-corrected chi connectivity index (χ4v) is 3.11. The van der Waals surface area contributed by atoms with E-state index in [0.29, 0.717) is 42.5 Å². The van der Waals surface area contributed by atoms with Gasteiger partial charge in [-0.05, 0) is 62.7 Å². The smallest absolute Gasteiger partial charge is 0.253 e. The number of carbonyl (C=O) groups is 1. The molecule has 2 aromatic carbocycles. The highest BCUT2D eigenvalue weighted by Crippen LogP contribution is 2.19. The third kappa shape index (κ3) is 5.76. The summed E-state index contributed by atoms with van der Waals surface area (Å²) < 4.78 is 16.6. The number of hydrogen-bond acceptors (Lipinski definition) is 5. The highest BCUT2D eigenvalue weighted by atomic mass is 35.5. The normalized spacial score (nSPS) is 10.7. The number of benzene rings is 2. The van der Waals surface area contributed by atoms with Crippen LogP contribution in [0.2, 0.25) is 5.02 Å². The van der Waals surface area contributed by atoms with E-state index >= 15 is 0 Å². The molecule has 0 N–H and O–H groups in total. The molecule has 6 nitrogen and oxygen atoms in total. The molecule has 0 radical (unpaired) electrons. The number of nitrogens with zero attached hydrogens (tertiary/aromatic N) is 2. The van der Waals surface area contributed by atoms with Gasteiger partial charge in [0.15, 0.2) is 0 Å². The van der Waals surface area contributed by atoms with E-state index in [1.165, 1.54) is 0 Å². The molecular formula is C23H25ClN2O4. The Morgan fingerprint density at radius 3 is 2.53 bits per heavy atom. The Balaban J connectivity index is 1.45. The van der Waals surface area contributed by atoms with Crippen LogP contribution in [0.5, 0.6) is 11.5 Å². The van der Waals surface area contributed by atoms with Crippen LogP contribution in [0.1, 0.15) is 33.8 Å². The minimum Gasteiger partial charge on any atom is -0.493 e. The van der Waals surface area contributed by atoms with Crippen LogP contribution < -0.4 is 9.47 Å². The molecule has 0 saturated carbocycles. The average Bonchev–Trinajstić information content (AvgIpc) is 3.07. The Hall–Kier alpha value is -2.99. The second-order valence-corrected chi connectivity index (χ2v) is 7.44. The van der Waals surface area contributed by atoms with Crippen molar-refractivity contribution >= 4 is 17.5 Å². The molecule has 3 aromatic rings. The first-order chi connectivity index (χ1) is 14.4. The average molecular weight is 429 g/mol. The monoisotopic (exact) mass is 428 g/mol. The van der Waals surface area contributed by atoms with Crippen molar-refractivity contribution in [3.63, 3.8) is 0 Å². The Labute approximate surface area is 181 Å². The lowest BCUT2D eigenvalue weighted by atomic mass is 10.2. The minimum absolute atomic E-state index is 0.0463. The fraction of sp³-hybridized carbons (Fsp3) is 0.304. The summed E-state index contributed by atoms with van der Waals surface area (Å²) >= 11 is 5.94. The molecule has 0 bridgehead atoms. The van der Waals surface area contributed by atoms with Crippen LogP contribution in [0.3, 0.4) is 0 Å². The van der Waals surface area contributed by atoms with E-state index in [1.54, 1.807) is 48.3 Å². The summed E-state index contributed by atoms with van der Waals surface area (Å²) in [5, 5.41) is 4.55. The Morgan fingerprint density at radius 2 is 1.87 bits per heavy atom. The minimum atomic E-state index is -0.0463. The SMILES string of the molecule is Cc1noc(C)c1COc1ccc(C(=O)N(C)CCCOc2cccc(Cl)c2)cc1. The largest absolute Gasteiger partial charge is 0.493 e. The predicted octanol–water partition coefficient (Wildman–Crippen LogP) is 5.06. The van der Waals surface area contributed by atoms with Crippen molar-refractivity contribution in [1.82, 2.24) is 10.1 Å². The molecule has 0 atom stereocenters. The molecule has 158 valence electrons. The number of carbonyl (C=O) groups excluding carboxylic acids is 1. The van der Waals surface area contributed by atoms with E-state index in [2.05, 4.69) is 5.16 Å². The van der Waals surface area contributed by atoms with Gasteiger partial charge in [0.05, 0.1) is 17.9 Å². The summed E-state index contributed by atoms with van der Waals surface area (Å²) in [6.07, 6.45) is 0.716. The highest BCUT2D eigenvalue weighted by molar-refractivity contribution is 6.30. The van der Waals surface area contributed by atoms with Crippen molar-refractivity contribution in [2.45, 2.75) is 26.9 Å². The molecule has 7 heteroatoms. The third-order valence-corrected chi connectivity index (χ3v) is 4.95. The molecule has 0 aliphatic carbocycles. The summed E-state index contributed by atoms with van der Waals surface area (Å²) in [7, 11) is 1.78. The van der Waals surface area contributed by atoms with Crippen LogP contribution in [0.25, 0.3) is 0 Å². The molecule has 1 heterocycles. The van der Waals surface area contributed by atoms with E-state index in [0.717, 1.165) is 22.8 Å². The van der Waals surface area contributed by atoms with E-state index in [9.17, 15) is 4.79 Å². The maximum Gasteiger partial charge on any atom is 0.253 e. The van der Waals surface area contributed by atoms with E-state index < -0.39 is 0 Å². The van der Waals surface area contributed by atoms with Crippen molar-refractivity contribution in [3.05, 3.63) is 76.1 Å². The van der Waals surface area contributed by atoms with Crippen LogP contribution in [-0.4, -0.2) is 36.2 Å². The van der Waals surface area contributed by atoms with E-state index in [1.807, 2.05) is 26.0 Å². The highest BCUT2D eigenvalue weighted by Gasteiger charge is 2.13. The van der Waals surface area contributed by atoms with Gasteiger partial charge in [0, 0.05) is 24.2 Å². The Bertz CT molecular complexity index is 966. The molecule has 0 fully saturated rings. The van der Waals surface area contributed by atoms with Gasteiger partial charge in [-0.1, -0.05) is 22.8 Å². The molecule has 0 spiro atoms. The Kier molecular flexibility index (Phi) is 7.36. The molecule has 1 aromatic heterocycles. The van der Waals surface area contributed by atoms with Crippen molar-refractivity contribution in [3.8, 4) is 11.5 Å². The number of halogens is 1. The van der Waals surface area contributed by atoms with Gasteiger partial charge in [0.1, 0.15) is 23.9 Å². The topological polar surface area (TPSA) is 64.8 Å². The van der Waals surface area contributed by atoms with Crippen molar-refractivity contribution in [1.29, 1.82) is 0 Å². The summed E-state index contributed by atoms with van der Waals surface area (Å²) in [6.45, 7) is 5.21. The van der Waals surface area contributed by atoms with Gasteiger partial charge in [-0.2, -0.15) is 0 Å². The molecule has 1 amide bonds. The predicted molar refractivity (Wildman–Crippen MR) is 115 cm³/mol. The molecule has 0 aliphatic rings. The standard InChI is InChI=1S/C23H25ClN2O4/c1-16-22(17(2)30-25-16)15-29-20-10-8-18(9-11-20)23(27)26(3)12-5-13-28-21-7-4-6-19(24)14-21/h4,6-11,14H,5,12-13,15H2,1-3H3. The number of aryl methyl sites for hydroxylation is 2. The van der Waals surface area contributed by atoms with Crippen LogP contribution in [0.15, 0.2) is 53.1 Å². The molecule has 0 saturated heterocycles. The van der Waals surface area contributed by atoms with Crippen LogP contribution in [-0.2, 0) is 6.61 Å². The lowest BCUT2D eigenvalue weighted by Gasteiger charge is -2.17. The van der Waals surface area contributed by atoms with Gasteiger partial charge in [-0.3, -0.25) is 4.79 Å². The molecular weight excluding hydrogens is 404 g/mol. The molecule has 0 unspecified atom stereocenters. The van der Waals surface area contributed by atoms with Crippen molar-refractivity contribution in [2.75, 3.05) is 20.2 Å². The van der Waals surface area contributed by atoms with Crippen LogP contribution in [0.4, 0.5) is 0 Å². The zero-order valence-electron chi connectivity index (χ0n) is 17.4. The van der Waals surface area contributed by atoms with Gasteiger partial charge in [0.25, 0.3) is 5.91 Å². The van der Waals surface area contributed by atoms with Gasteiger partial charge in [-0.25, -0.2) is 0 Å². The third-order valence-electron chi connectivity index (χ3n) is 4.72. The van der Waals surface area contributed by atoms with Crippen molar-refractivity contribution < 1.29 is 18.8 Å². The zero-order valence-corrected chi connectivity index (χ0v) is 18.1. The zero-order chi connectivity index (χ0) is 21.5. The number of ether oxygens (including phenoxy) is 2. The first-order valence-electron chi connectivity index (χ1n) is 9.72. The maximum atomic E-state index is 12.6. The van der Waals surface area contributed by atoms with Crippen molar-refractivity contribution in [2.24, 2.45) is 0 Å². The number of rotatable bonds is 9. The number of amides is 1. The van der Waals surface area contributed by atoms with Gasteiger partial charge in [0.2, 0.25) is 0 Å². The first-order valence-corrected chi connectivity index (χ1v) is 10.1. The summed E-state index contributed by atoms with van der Waals surface area (Å²) in [4.78, 5) is 14.3. The lowest BCUT2D eigenvalue weighted by molar-refractivity contribution is 0.0788. The van der Waals surface area contributed by atoms with Gasteiger partial charge < -0.3 is 18.9 Å². The second kappa shape index (κ2) is 10.2. The molecule has 3 rings (SSSR count). The van der Waals surface area contributed by atoms with Crippen LogP contribution in [0, 0.1) is 13.8 Å². The summed E-state index contributed by atoms with van der Waals surface area (Å²) in [6, 6.07) is 14.4. The van der Waals surface area contributed by atoms with Crippen LogP contribution >= 0.6 is 11.6 Å². The number of hydrogen-bond donors (Lipinski definition) is 0. The Morgan fingerprint density at radius 1 is 1.10 bits per heavy atom. The fourth-order valence-electron chi connectivity index (χ4n) is 2.93. The second-order valence-electron chi connectivity index (χ2n) is 7.00. The lowest BCUT2D eigenvalue weighted by Crippen LogP contribution is -2.28. The van der Waals surface area contributed by atoms with E-state index in [4.69, 9.17) is 25.6 Å². The molecule has 0 aliphatic heterocycles. The molecule has 30 heavy (non-hydrogen) atoms. The van der Waals surface area contributed by atoms with E-state index in [-0.39, 0.29) is 5.91 Å². The summed E-state index contributed by atoms with van der Waals surface area (Å²) in [5.74, 6) is 2.11. The quantitative estimate of drug-likeness (QED) is 0.445. The first kappa shape index (κ1) is 21.7. The summed E-state index contributed by atoms with van der Waals surface area (Å²) in [5.41, 5.74) is 2.37.